The summed E-state index contributed by atoms with van der Waals surface area (Å²) in [5.41, 5.74) is 0. The molecule has 3 heteroatoms. The van der Waals surface area contributed by atoms with E-state index in [0.717, 1.165) is 6.61 Å². The van der Waals surface area contributed by atoms with Crippen LogP contribution in [0.5, 0.6) is 0 Å². The SMILES string of the molecule is CCCCCCCC[Si](Br)(OCC)c1ccccc1. The molecule has 108 valence electrons. The zero-order valence-electron chi connectivity index (χ0n) is 12.3. The van der Waals surface area contributed by atoms with Crippen LogP contribution < -0.4 is 5.19 Å². The molecule has 1 unspecified atom stereocenters. The van der Waals surface area contributed by atoms with Gasteiger partial charge in [0.15, 0.2) is 0 Å². The molecule has 1 aromatic rings. The second kappa shape index (κ2) is 9.73. The molecule has 0 fully saturated rings. The predicted molar refractivity (Wildman–Crippen MR) is 90.6 cm³/mol. The lowest BCUT2D eigenvalue weighted by molar-refractivity contribution is 0.344. The maximum atomic E-state index is 6.10. The Hall–Kier alpha value is -0.123. The Morgan fingerprint density at radius 2 is 1.58 bits per heavy atom. The Balaban J connectivity index is 2.44. The van der Waals surface area contributed by atoms with E-state index in [1.165, 1.54) is 49.8 Å². The molecule has 0 aliphatic carbocycles. The van der Waals surface area contributed by atoms with Gasteiger partial charge in [-0.05, 0) is 18.2 Å². The number of halogens is 1. The fraction of sp³-hybridized carbons (Fsp3) is 0.625. The summed E-state index contributed by atoms with van der Waals surface area (Å²) in [7, 11) is 0. The van der Waals surface area contributed by atoms with Crippen LogP contribution in [0.4, 0.5) is 0 Å². The largest absolute Gasteiger partial charge is 0.403 e. The van der Waals surface area contributed by atoms with Gasteiger partial charge >= 0.3 is 0 Å². The van der Waals surface area contributed by atoms with Gasteiger partial charge < -0.3 is 4.43 Å². The monoisotopic (exact) mass is 342 g/mol. The molecule has 0 radical (unpaired) electrons. The van der Waals surface area contributed by atoms with E-state index >= 15 is 0 Å². The van der Waals surface area contributed by atoms with Crippen molar-refractivity contribution in [2.45, 2.75) is 58.4 Å². The van der Waals surface area contributed by atoms with Crippen molar-refractivity contribution in [3.63, 3.8) is 0 Å². The second-order valence-electron chi connectivity index (χ2n) is 5.05. The fourth-order valence-electron chi connectivity index (χ4n) is 2.35. The molecule has 0 heterocycles. The molecular formula is C16H27BrOSi. The van der Waals surface area contributed by atoms with E-state index in [4.69, 9.17) is 4.43 Å². The maximum absolute atomic E-state index is 6.10. The summed E-state index contributed by atoms with van der Waals surface area (Å²) in [6, 6.07) is 11.9. The molecule has 0 spiro atoms. The quantitative estimate of drug-likeness (QED) is 0.325. The normalized spacial score (nSPS) is 14.3. The van der Waals surface area contributed by atoms with Crippen molar-refractivity contribution < 1.29 is 4.43 Å². The first kappa shape index (κ1) is 16.9. The molecule has 0 aliphatic rings. The Bertz CT molecular complexity index is 331. The van der Waals surface area contributed by atoms with Crippen molar-refractivity contribution in [1.29, 1.82) is 0 Å². The molecule has 0 aromatic heterocycles. The van der Waals surface area contributed by atoms with E-state index in [-0.39, 0.29) is 0 Å². The van der Waals surface area contributed by atoms with Crippen LogP contribution in [0.1, 0.15) is 52.4 Å². The topological polar surface area (TPSA) is 9.23 Å². The third-order valence-electron chi connectivity index (χ3n) is 3.43. The molecule has 0 saturated heterocycles. The van der Waals surface area contributed by atoms with Crippen LogP contribution >= 0.6 is 15.3 Å². The van der Waals surface area contributed by atoms with E-state index in [0.29, 0.717) is 0 Å². The van der Waals surface area contributed by atoms with Gasteiger partial charge in [-0.1, -0.05) is 91.1 Å². The van der Waals surface area contributed by atoms with Gasteiger partial charge in [-0.3, -0.25) is 0 Å². The van der Waals surface area contributed by atoms with Crippen LogP contribution in [0.25, 0.3) is 0 Å². The first-order valence-corrected chi connectivity index (χ1v) is 12.0. The van der Waals surface area contributed by atoms with Crippen LogP contribution in [0.2, 0.25) is 6.04 Å². The highest BCUT2D eigenvalue weighted by atomic mass is 79.9. The van der Waals surface area contributed by atoms with Crippen molar-refractivity contribution in [2.24, 2.45) is 0 Å². The van der Waals surface area contributed by atoms with E-state index in [1.54, 1.807) is 0 Å². The summed E-state index contributed by atoms with van der Waals surface area (Å²) in [4.78, 5) is 0. The molecule has 0 aliphatic heterocycles. The van der Waals surface area contributed by atoms with Gasteiger partial charge in [-0.25, -0.2) is 0 Å². The maximum Gasteiger partial charge on any atom is 0.295 e. The number of hydrogen-bond donors (Lipinski definition) is 0. The van der Waals surface area contributed by atoms with Gasteiger partial charge in [0, 0.05) is 6.61 Å². The average Bonchev–Trinajstić information content (AvgIpc) is 2.44. The molecule has 0 amide bonds. The highest BCUT2D eigenvalue weighted by molar-refractivity contribution is 9.26. The minimum Gasteiger partial charge on any atom is -0.403 e. The summed E-state index contributed by atoms with van der Waals surface area (Å²) in [6.07, 6.45) is 8.05. The van der Waals surface area contributed by atoms with Gasteiger partial charge in [0.25, 0.3) is 6.94 Å². The summed E-state index contributed by atoms with van der Waals surface area (Å²) >= 11 is 3.95. The first-order chi connectivity index (χ1) is 9.23. The van der Waals surface area contributed by atoms with Crippen LogP contribution in [-0.4, -0.2) is 13.5 Å². The molecule has 19 heavy (non-hydrogen) atoms. The van der Waals surface area contributed by atoms with Crippen molar-refractivity contribution in [2.75, 3.05) is 6.61 Å². The van der Waals surface area contributed by atoms with Crippen molar-refractivity contribution in [3.05, 3.63) is 30.3 Å². The molecule has 1 nitrogen and oxygen atoms in total. The molecule has 1 atom stereocenters. The van der Waals surface area contributed by atoms with Gasteiger partial charge in [0.2, 0.25) is 0 Å². The van der Waals surface area contributed by atoms with E-state index in [9.17, 15) is 0 Å². The third kappa shape index (κ3) is 6.24. The van der Waals surface area contributed by atoms with Crippen molar-refractivity contribution in [3.8, 4) is 0 Å². The van der Waals surface area contributed by atoms with Gasteiger partial charge in [0.1, 0.15) is 0 Å². The Morgan fingerprint density at radius 3 is 2.21 bits per heavy atom. The minimum absolute atomic E-state index is 0.794. The Kier molecular flexibility index (Phi) is 8.67. The lowest BCUT2D eigenvalue weighted by atomic mass is 10.1. The molecule has 0 bridgehead atoms. The zero-order valence-corrected chi connectivity index (χ0v) is 14.9. The summed E-state index contributed by atoms with van der Waals surface area (Å²) < 4.78 is 6.10. The second-order valence-corrected chi connectivity index (χ2v) is 11.7. The smallest absolute Gasteiger partial charge is 0.295 e. The molecule has 1 rings (SSSR count). The number of rotatable bonds is 10. The van der Waals surface area contributed by atoms with Crippen LogP contribution in [0.3, 0.4) is 0 Å². The highest BCUT2D eigenvalue weighted by Gasteiger charge is 2.33. The van der Waals surface area contributed by atoms with Crippen molar-refractivity contribution in [1.82, 2.24) is 0 Å². The summed E-state index contributed by atoms with van der Waals surface area (Å²) in [6.45, 7) is 3.27. The lowest BCUT2D eigenvalue weighted by Gasteiger charge is -2.25. The number of hydrogen-bond acceptors (Lipinski definition) is 1. The Morgan fingerprint density at radius 1 is 0.947 bits per heavy atom. The van der Waals surface area contributed by atoms with Crippen molar-refractivity contribution >= 4 is 27.4 Å². The van der Waals surface area contributed by atoms with Gasteiger partial charge in [-0.2, -0.15) is 0 Å². The molecular weight excluding hydrogens is 316 g/mol. The first-order valence-electron chi connectivity index (χ1n) is 7.61. The van der Waals surface area contributed by atoms with Crippen LogP contribution in [0, 0.1) is 0 Å². The molecule has 1 aromatic carbocycles. The van der Waals surface area contributed by atoms with E-state index in [2.05, 4.69) is 59.5 Å². The van der Waals surface area contributed by atoms with Crippen LogP contribution in [0.15, 0.2) is 30.3 Å². The third-order valence-corrected chi connectivity index (χ3v) is 9.62. The Labute approximate surface area is 127 Å². The summed E-state index contributed by atoms with van der Waals surface area (Å²) in [5.74, 6) is 0. The molecule has 0 N–H and O–H groups in total. The van der Waals surface area contributed by atoms with Crippen LogP contribution in [-0.2, 0) is 4.43 Å². The van der Waals surface area contributed by atoms with E-state index in [1.807, 2.05) is 0 Å². The average molecular weight is 343 g/mol. The molecule has 0 saturated carbocycles. The predicted octanol–water partition coefficient (Wildman–Crippen LogP) is 5.13. The summed E-state index contributed by atoms with van der Waals surface area (Å²) in [5, 5.41) is 1.37. The van der Waals surface area contributed by atoms with Gasteiger partial charge in [0.05, 0.1) is 0 Å². The lowest BCUT2D eigenvalue weighted by Crippen LogP contribution is -2.44. The number of unbranched alkanes of at least 4 members (excludes halogenated alkanes) is 5. The zero-order chi connectivity index (χ0) is 14.0. The fourth-order valence-corrected chi connectivity index (χ4v) is 7.12. The standard InChI is InChI=1S/C16H27BrOSi/c1-3-5-6-7-8-12-15-19(17,18-4-2)16-13-10-9-11-14-16/h9-11,13-14H,3-8,12,15H2,1-2H3. The highest BCUT2D eigenvalue weighted by Crippen LogP contribution is 2.23. The van der Waals surface area contributed by atoms with E-state index < -0.39 is 6.94 Å². The minimum atomic E-state index is -1.88. The number of benzene rings is 1. The van der Waals surface area contributed by atoms with Gasteiger partial charge in [-0.15, -0.1) is 0 Å².